The van der Waals surface area contributed by atoms with Crippen LogP contribution in [0.4, 0.5) is 0 Å². The SMILES string of the molecule is CC1CC1.Cc1coc(CN)c1. The van der Waals surface area contributed by atoms with Gasteiger partial charge in [-0.3, -0.25) is 0 Å². The van der Waals surface area contributed by atoms with Gasteiger partial charge in [0.2, 0.25) is 0 Å². The summed E-state index contributed by atoms with van der Waals surface area (Å²) in [7, 11) is 0. The van der Waals surface area contributed by atoms with Gasteiger partial charge in [0.15, 0.2) is 0 Å². The molecule has 0 atom stereocenters. The smallest absolute Gasteiger partial charge is 0.117 e. The van der Waals surface area contributed by atoms with Gasteiger partial charge >= 0.3 is 0 Å². The van der Waals surface area contributed by atoms with Gasteiger partial charge in [0.1, 0.15) is 5.76 Å². The van der Waals surface area contributed by atoms with Crippen LogP contribution in [0.2, 0.25) is 0 Å². The first-order valence-corrected chi connectivity index (χ1v) is 4.46. The number of nitrogens with two attached hydrogens (primary N) is 1. The van der Waals surface area contributed by atoms with E-state index >= 15 is 0 Å². The first kappa shape index (κ1) is 9.33. The van der Waals surface area contributed by atoms with E-state index in [0.717, 1.165) is 17.2 Å². The quantitative estimate of drug-likeness (QED) is 0.697. The van der Waals surface area contributed by atoms with Gasteiger partial charge in [-0.05, 0) is 24.5 Å². The van der Waals surface area contributed by atoms with Crippen LogP contribution in [0, 0.1) is 12.8 Å². The topological polar surface area (TPSA) is 39.2 Å². The van der Waals surface area contributed by atoms with E-state index in [4.69, 9.17) is 10.2 Å². The van der Waals surface area contributed by atoms with E-state index < -0.39 is 0 Å². The van der Waals surface area contributed by atoms with Crippen molar-refractivity contribution >= 4 is 0 Å². The molecule has 0 aromatic carbocycles. The Morgan fingerprint density at radius 1 is 1.58 bits per heavy atom. The molecule has 2 heteroatoms. The first-order chi connectivity index (χ1) is 5.72. The molecule has 1 saturated carbocycles. The van der Waals surface area contributed by atoms with Gasteiger partial charge in [0.05, 0.1) is 12.8 Å². The van der Waals surface area contributed by atoms with E-state index in [1.807, 2.05) is 13.0 Å². The Bertz CT molecular complexity index is 225. The van der Waals surface area contributed by atoms with Crippen LogP contribution in [0.15, 0.2) is 16.7 Å². The minimum Gasteiger partial charge on any atom is -0.468 e. The second-order valence-electron chi connectivity index (χ2n) is 3.48. The predicted octanol–water partition coefficient (Wildman–Crippen LogP) is 2.46. The van der Waals surface area contributed by atoms with Crippen molar-refractivity contribution in [2.45, 2.75) is 33.2 Å². The van der Waals surface area contributed by atoms with E-state index in [2.05, 4.69) is 6.92 Å². The Morgan fingerprint density at radius 2 is 2.17 bits per heavy atom. The molecule has 2 N–H and O–H groups in total. The molecule has 2 nitrogen and oxygen atoms in total. The average Bonchev–Trinajstić information content (AvgIpc) is 2.70. The molecule has 68 valence electrons. The van der Waals surface area contributed by atoms with Crippen LogP contribution in [0.1, 0.15) is 31.1 Å². The number of hydrogen-bond acceptors (Lipinski definition) is 2. The van der Waals surface area contributed by atoms with Crippen molar-refractivity contribution in [1.82, 2.24) is 0 Å². The van der Waals surface area contributed by atoms with E-state index in [0.29, 0.717) is 6.54 Å². The fourth-order valence-electron chi connectivity index (χ4n) is 0.764. The molecular formula is C10H17NO. The molecule has 1 aliphatic carbocycles. The molecule has 0 aliphatic heterocycles. The summed E-state index contributed by atoms with van der Waals surface area (Å²) in [4.78, 5) is 0. The zero-order chi connectivity index (χ0) is 8.97. The molecular weight excluding hydrogens is 150 g/mol. The maximum Gasteiger partial charge on any atom is 0.117 e. The number of hydrogen-bond donors (Lipinski definition) is 1. The molecule has 1 heterocycles. The summed E-state index contributed by atoms with van der Waals surface area (Å²) in [5.41, 5.74) is 6.40. The van der Waals surface area contributed by atoms with Crippen molar-refractivity contribution in [2.24, 2.45) is 11.7 Å². The van der Waals surface area contributed by atoms with Crippen LogP contribution < -0.4 is 5.73 Å². The maximum absolute atomic E-state index is 5.27. The molecule has 0 unspecified atom stereocenters. The Balaban J connectivity index is 0.000000150. The van der Waals surface area contributed by atoms with Crippen molar-refractivity contribution in [3.05, 3.63) is 23.7 Å². The molecule has 0 radical (unpaired) electrons. The largest absolute Gasteiger partial charge is 0.468 e. The molecule has 12 heavy (non-hydrogen) atoms. The van der Waals surface area contributed by atoms with Gasteiger partial charge in [0.25, 0.3) is 0 Å². The van der Waals surface area contributed by atoms with Gasteiger partial charge in [-0.15, -0.1) is 0 Å². The van der Waals surface area contributed by atoms with E-state index in [1.54, 1.807) is 6.26 Å². The van der Waals surface area contributed by atoms with Crippen molar-refractivity contribution in [3.63, 3.8) is 0 Å². The summed E-state index contributed by atoms with van der Waals surface area (Å²) < 4.78 is 4.99. The fraction of sp³-hybridized carbons (Fsp3) is 0.600. The Hall–Kier alpha value is -0.760. The molecule has 1 fully saturated rings. The van der Waals surface area contributed by atoms with Gasteiger partial charge in [-0.2, -0.15) is 0 Å². The highest BCUT2D eigenvalue weighted by molar-refractivity contribution is 5.09. The molecule has 0 spiro atoms. The molecule has 1 aliphatic rings. The highest BCUT2D eigenvalue weighted by Crippen LogP contribution is 2.26. The van der Waals surface area contributed by atoms with Crippen LogP contribution >= 0.6 is 0 Å². The second kappa shape index (κ2) is 4.31. The molecule has 1 aromatic heterocycles. The lowest BCUT2D eigenvalue weighted by atomic mass is 10.3. The average molecular weight is 167 g/mol. The number of furan rings is 1. The monoisotopic (exact) mass is 167 g/mol. The van der Waals surface area contributed by atoms with E-state index in [-0.39, 0.29) is 0 Å². The van der Waals surface area contributed by atoms with E-state index in [1.165, 1.54) is 12.8 Å². The van der Waals surface area contributed by atoms with Crippen LogP contribution in [0.5, 0.6) is 0 Å². The summed E-state index contributed by atoms with van der Waals surface area (Å²) in [5, 5.41) is 0. The standard InChI is InChI=1S/C6H9NO.C4H8/c1-5-2-6(3-7)8-4-5;1-4-2-3-4/h2,4H,3,7H2,1H3;4H,2-3H2,1H3. The third kappa shape index (κ3) is 3.58. The minimum atomic E-state index is 0.494. The van der Waals surface area contributed by atoms with Crippen molar-refractivity contribution in [1.29, 1.82) is 0 Å². The summed E-state index contributed by atoms with van der Waals surface area (Å²) in [6.45, 7) is 4.75. The minimum absolute atomic E-state index is 0.494. The lowest BCUT2D eigenvalue weighted by Crippen LogP contribution is -1.92. The zero-order valence-corrected chi connectivity index (χ0v) is 7.84. The third-order valence-corrected chi connectivity index (χ3v) is 1.85. The normalized spacial score (nSPS) is 15.2. The molecule has 2 rings (SSSR count). The Morgan fingerprint density at radius 3 is 2.33 bits per heavy atom. The van der Waals surface area contributed by atoms with Crippen LogP contribution in [0.3, 0.4) is 0 Å². The lowest BCUT2D eigenvalue weighted by Gasteiger charge is -1.80. The van der Waals surface area contributed by atoms with Crippen molar-refractivity contribution in [2.75, 3.05) is 0 Å². The van der Waals surface area contributed by atoms with Gasteiger partial charge in [0, 0.05) is 0 Å². The number of rotatable bonds is 1. The molecule has 0 saturated heterocycles. The van der Waals surface area contributed by atoms with Gasteiger partial charge in [-0.25, -0.2) is 0 Å². The predicted molar refractivity (Wildman–Crippen MR) is 49.7 cm³/mol. The van der Waals surface area contributed by atoms with Crippen LogP contribution in [-0.4, -0.2) is 0 Å². The van der Waals surface area contributed by atoms with Crippen molar-refractivity contribution < 1.29 is 4.42 Å². The first-order valence-electron chi connectivity index (χ1n) is 4.46. The van der Waals surface area contributed by atoms with Crippen LogP contribution in [0.25, 0.3) is 0 Å². The third-order valence-electron chi connectivity index (χ3n) is 1.85. The lowest BCUT2D eigenvalue weighted by molar-refractivity contribution is 0.511. The molecule has 0 amide bonds. The highest BCUT2D eigenvalue weighted by atomic mass is 16.3. The van der Waals surface area contributed by atoms with Crippen LogP contribution in [-0.2, 0) is 6.54 Å². The summed E-state index contributed by atoms with van der Waals surface area (Å²) in [6.07, 6.45) is 4.67. The van der Waals surface area contributed by atoms with Crippen molar-refractivity contribution in [3.8, 4) is 0 Å². The Kier molecular flexibility index (Phi) is 3.35. The molecule has 0 bridgehead atoms. The molecule has 1 aromatic rings. The summed E-state index contributed by atoms with van der Waals surface area (Å²) >= 11 is 0. The Labute approximate surface area is 73.8 Å². The maximum atomic E-state index is 5.27. The highest BCUT2D eigenvalue weighted by Gasteiger charge is 2.12. The number of aryl methyl sites for hydroxylation is 1. The fourth-order valence-corrected chi connectivity index (χ4v) is 0.764. The zero-order valence-electron chi connectivity index (χ0n) is 7.84. The summed E-state index contributed by atoms with van der Waals surface area (Å²) in [5.74, 6) is 1.93. The second-order valence-corrected chi connectivity index (χ2v) is 3.48. The summed E-state index contributed by atoms with van der Waals surface area (Å²) in [6, 6.07) is 1.93. The van der Waals surface area contributed by atoms with Gasteiger partial charge in [-0.1, -0.05) is 19.8 Å². The van der Waals surface area contributed by atoms with Gasteiger partial charge < -0.3 is 10.2 Å². The van der Waals surface area contributed by atoms with E-state index in [9.17, 15) is 0 Å².